The third kappa shape index (κ3) is 4.48. The molecule has 0 radical (unpaired) electrons. The van der Waals surface area contributed by atoms with Gasteiger partial charge in [-0.1, -0.05) is 47.6 Å². The molecule has 6 nitrogen and oxygen atoms in total. The van der Waals surface area contributed by atoms with Crippen LogP contribution in [0.5, 0.6) is 5.75 Å². The highest BCUT2D eigenvalue weighted by Gasteiger charge is 2.28. The quantitative estimate of drug-likeness (QED) is 0.609. The molecule has 1 aliphatic heterocycles. The summed E-state index contributed by atoms with van der Waals surface area (Å²) in [6.07, 6.45) is 1.93. The highest BCUT2D eigenvalue weighted by atomic mass is 16.6. The Bertz CT molecular complexity index is 983. The van der Waals surface area contributed by atoms with E-state index in [1.165, 1.54) is 6.26 Å². The minimum atomic E-state index is -0.213. The van der Waals surface area contributed by atoms with Crippen LogP contribution in [0.4, 0.5) is 0 Å². The fraction of sp³-hybridized carbons (Fsp3) is 0.217. The fourth-order valence-electron chi connectivity index (χ4n) is 3.34. The largest absolute Gasteiger partial charge is 0.497 e. The summed E-state index contributed by atoms with van der Waals surface area (Å²) in [7, 11) is 1.62. The number of methoxy groups -OCH3 is 1. The average molecular weight is 390 g/mol. The monoisotopic (exact) mass is 390 g/mol. The van der Waals surface area contributed by atoms with E-state index in [4.69, 9.17) is 14.0 Å². The average Bonchev–Trinajstić information content (AvgIpc) is 3.46. The van der Waals surface area contributed by atoms with Gasteiger partial charge in [-0.15, -0.1) is 0 Å². The third-order valence-electron chi connectivity index (χ3n) is 4.79. The summed E-state index contributed by atoms with van der Waals surface area (Å²) in [6, 6.07) is 21.0. The Hall–Kier alpha value is -3.54. The smallest absolute Gasteiger partial charge is 0.289 e. The first-order valence-corrected chi connectivity index (χ1v) is 9.47. The summed E-state index contributed by atoms with van der Waals surface area (Å²) in [5, 5.41) is 4.23. The van der Waals surface area contributed by atoms with Crippen molar-refractivity contribution >= 4 is 11.6 Å². The summed E-state index contributed by atoms with van der Waals surface area (Å²) in [5.74, 6) is 0.865. The van der Waals surface area contributed by atoms with Gasteiger partial charge >= 0.3 is 0 Å². The van der Waals surface area contributed by atoms with E-state index in [1.807, 2.05) is 54.6 Å². The van der Waals surface area contributed by atoms with E-state index < -0.39 is 0 Å². The molecule has 1 unspecified atom stereocenters. The first-order valence-electron chi connectivity index (χ1n) is 9.47. The van der Waals surface area contributed by atoms with Crippen molar-refractivity contribution in [1.82, 2.24) is 4.90 Å². The molecule has 3 aromatic rings. The molecule has 0 saturated carbocycles. The minimum Gasteiger partial charge on any atom is -0.497 e. The molecular weight excluding hydrogens is 368 g/mol. The van der Waals surface area contributed by atoms with Crippen LogP contribution in [0.25, 0.3) is 0 Å². The molecule has 0 N–H and O–H groups in total. The van der Waals surface area contributed by atoms with Gasteiger partial charge in [-0.2, -0.15) is 0 Å². The van der Waals surface area contributed by atoms with Crippen molar-refractivity contribution in [2.75, 3.05) is 13.7 Å². The maximum atomic E-state index is 13.0. The fourth-order valence-corrected chi connectivity index (χ4v) is 3.34. The highest BCUT2D eigenvalue weighted by molar-refractivity contribution is 6.01. The second-order valence-corrected chi connectivity index (χ2v) is 6.85. The Morgan fingerprint density at radius 1 is 1.14 bits per heavy atom. The van der Waals surface area contributed by atoms with Crippen molar-refractivity contribution in [2.24, 2.45) is 5.16 Å². The van der Waals surface area contributed by atoms with Crippen molar-refractivity contribution in [2.45, 2.75) is 19.1 Å². The van der Waals surface area contributed by atoms with Crippen LogP contribution in [-0.2, 0) is 11.4 Å². The molecule has 1 amide bonds. The minimum absolute atomic E-state index is 0.186. The van der Waals surface area contributed by atoms with E-state index in [0.717, 1.165) is 22.6 Å². The Labute approximate surface area is 169 Å². The maximum Gasteiger partial charge on any atom is 0.289 e. The molecule has 29 heavy (non-hydrogen) atoms. The summed E-state index contributed by atoms with van der Waals surface area (Å²) < 4.78 is 10.6. The van der Waals surface area contributed by atoms with Crippen LogP contribution < -0.4 is 4.74 Å². The number of hydrogen-bond acceptors (Lipinski definition) is 5. The van der Waals surface area contributed by atoms with Gasteiger partial charge in [0.25, 0.3) is 5.91 Å². The Morgan fingerprint density at radius 3 is 2.76 bits per heavy atom. The van der Waals surface area contributed by atoms with Crippen molar-refractivity contribution in [1.29, 1.82) is 0 Å². The van der Waals surface area contributed by atoms with E-state index in [-0.39, 0.29) is 12.0 Å². The van der Waals surface area contributed by atoms with Gasteiger partial charge < -0.3 is 18.9 Å². The Kier molecular flexibility index (Phi) is 5.61. The number of hydrogen-bond donors (Lipinski definition) is 0. The summed E-state index contributed by atoms with van der Waals surface area (Å²) in [4.78, 5) is 20.4. The highest BCUT2D eigenvalue weighted by Crippen LogP contribution is 2.21. The Balaban J connectivity index is 1.49. The summed E-state index contributed by atoms with van der Waals surface area (Å²) in [6.45, 7) is 0.813. The van der Waals surface area contributed by atoms with Gasteiger partial charge in [-0.25, -0.2) is 0 Å². The molecule has 1 aliphatic rings. The number of ether oxygens (including phenoxy) is 1. The van der Waals surface area contributed by atoms with Crippen molar-refractivity contribution in [3.63, 3.8) is 0 Å². The number of benzene rings is 2. The molecule has 0 bridgehead atoms. The summed E-state index contributed by atoms with van der Waals surface area (Å²) >= 11 is 0. The molecule has 0 aliphatic carbocycles. The van der Waals surface area contributed by atoms with E-state index in [0.29, 0.717) is 25.3 Å². The number of amides is 1. The first-order chi connectivity index (χ1) is 14.2. The summed E-state index contributed by atoms with van der Waals surface area (Å²) in [5.41, 5.74) is 2.89. The van der Waals surface area contributed by atoms with Gasteiger partial charge in [0, 0.05) is 13.0 Å². The predicted molar refractivity (Wildman–Crippen MR) is 109 cm³/mol. The van der Waals surface area contributed by atoms with Gasteiger partial charge in [0.1, 0.15) is 5.75 Å². The maximum absolute atomic E-state index is 13.0. The number of rotatable bonds is 7. The van der Waals surface area contributed by atoms with E-state index in [1.54, 1.807) is 24.1 Å². The lowest BCUT2D eigenvalue weighted by Gasteiger charge is -2.24. The number of nitrogens with zero attached hydrogens (tertiary/aromatic N) is 2. The zero-order chi connectivity index (χ0) is 20.1. The molecule has 0 saturated heterocycles. The van der Waals surface area contributed by atoms with Crippen molar-refractivity contribution < 1.29 is 18.8 Å². The number of carbonyl (C=O) groups is 1. The molecule has 2 heterocycles. The second kappa shape index (κ2) is 8.65. The molecule has 1 aromatic heterocycles. The van der Waals surface area contributed by atoms with Crippen LogP contribution in [0, 0.1) is 0 Å². The van der Waals surface area contributed by atoms with Crippen LogP contribution in [0.15, 0.2) is 82.6 Å². The molecule has 1 atom stereocenters. The molecular formula is C23H22N2O4. The Morgan fingerprint density at radius 2 is 2.00 bits per heavy atom. The topological polar surface area (TPSA) is 64.3 Å². The number of oxime groups is 1. The second-order valence-electron chi connectivity index (χ2n) is 6.85. The van der Waals surface area contributed by atoms with Gasteiger partial charge in [0.15, 0.2) is 11.9 Å². The van der Waals surface area contributed by atoms with Crippen LogP contribution >= 0.6 is 0 Å². The number of carbonyl (C=O) groups excluding carboxylic acids is 1. The standard InChI is InChI=1S/C23H22N2O4/c1-27-19-10-5-7-17(13-19)15-25(23(26)22-11-6-12-28-22)16-20-14-21(24-29-20)18-8-3-2-4-9-18/h2-13,20H,14-16H2,1H3. The van der Waals surface area contributed by atoms with Crippen LogP contribution in [0.3, 0.4) is 0 Å². The normalized spacial score (nSPS) is 15.5. The number of furan rings is 1. The lowest BCUT2D eigenvalue weighted by Crippen LogP contribution is -2.37. The van der Waals surface area contributed by atoms with Crippen LogP contribution in [0.1, 0.15) is 28.1 Å². The molecule has 148 valence electrons. The zero-order valence-electron chi connectivity index (χ0n) is 16.2. The lowest BCUT2D eigenvalue weighted by molar-refractivity contribution is 0.0387. The lowest BCUT2D eigenvalue weighted by atomic mass is 10.0. The van der Waals surface area contributed by atoms with Gasteiger partial charge in [0.2, 0.25) is 0 Å². The van der Waals surface area contributed by atoms with Gasteiger partial charge in [-0.3, -0.25) is 4.79 Å². The molecule has 6 heteroatoms. The van der Waals surface area contributed by atoms with Gasteiger partial charge in [0.05, 0.1) is 25.6 Å². The molecule has 0 fully saturated rings. The van der Waals surface area contributed by atoms with E-state index >= 15 is 0 Å². The van der Waals surface area contributed by atoms with Gasteiger partial charge in [-0.05, 0) is 35.4 Å². The predicted octanol–water partition coefficient (Wildman–Crippen LogP) is 4.12. The van der Waals surface area contributed by atoms with Crippen LogP contribution in [-0.4, -0.2) is 36.3 Å². The molecule has 4 rings (SSSR count). The van der Waals surface area contributed by atoms with E-state index in [2.05, 4.69) is 5.16 Å². The molecule has 2 aromatic carbocycles. The zero-order valence-corrected chi connectivity index (χ0v) is 16.2. The third-order valence-corrected chi connectivity index (χ3v) is 4.79. The van der Waals surface area contributed by atoms with Crippen LogP contribution in [0.2, 0.25) is 0 Å². The van der Waals surface area contributed by atoms with E-state index in [9.17, 15) is 4.79 Å². The molecule has 0 spiro atoms. The van der Waals surface area contributed by atoms with Crippen molar-refractivity contribution in [3.8, 4) is 5.75 Å². The van der Waals surface area contributed by atoms with Crippen molar-refractivity contribution in [3.05, 3.63) is 89.9 Å². The first kappa shape index (κ1) is 18.8. The SMILES string of the molecule is COc1cccc(CN(CC2CC(c3ccccc3)=NO2)C(=O)c2ccco2)c1.